The Balaban J connectivity index is 1.70. The summed E-state index contributed by atoms with van der Waals surface area (Å²) in [6, 6.07) is 16.0. The molecule has 0 aliphatic carbocycles. The van der Waals surface area contributed by atoms with Gasteiger partial charge in [0.25, 0.3) is 5.56 Å². The van der Waals surface area contributed by atoms with Gasteiger partial charge in [0.1, 0.15) is 10.4 Å². The third kappa shape index (κ3) is 4.67. The molecular formula is C23H20ClN3O3S2. The van der Waals surface area contributed by atoms with Gasteiger partial charge >= 0.3 is 0 Å². The molecule has 0 saturated heterocycles. The maximum absolute atomic E-state index is 13.3. The molecule has 32 heavy (non-hydrogen) atoms. The van der Waals surface area contributed by atoms with E-state index in [0.29, 0.717) is 43.9 Å². The number of amides is 1. The number of nitrogens with zero attached hydrogens (tertiary/aromatic N) is 2. The number of carbonyl (C=O) groups is 1. The number of rotatable bonds is 7. The second kappa shape index (κ2) is 9.77. The number of aromatic nitrogens is 2. The van der Waals surface area contributed by atoms with Crippen LogP contribution in [0.3, 0.4) is 0 Å². The molecule has 4 aromatic rings. The minimum atomic E-state index is -0.456. The molecule has 9 heteroatoms. The lowest BCUT2D eigenvalue weighted by molar-refractivity contribution is -0.115. The minimum absolute atomic E-state index is 0.169. The highest BCUT2D eigenvalue weighted by molar-refractivity contribution is 8.00. The summed E-state index contributed by atoms with van der Waals surface area (Å²) in [6.07, 6.45) is 0.554. The summed E-state index contributed by atoms with van der Waals surface area (Å²) >= 11 is 8.65. The molecule has 0 unspecified atom stereocenters. The zero-order chi connectivity index (χ0) is 22.7. The third-order valence-electron chi connectivity index (χ3n) is 4.78. The van der Waals surface area contributed by atoms with E-state index in [2.05, 4.69) is 5.32 Å². The van der Waals surface area contributed by atoms with E-state index in [1.807, 2.05) is 30.5 Å². The highest BCUT2D eigenvalue weighted by Crippen LogP contribution is 2.29. The Kier molecular flexibility index (Phi) is 6.83. The molecule has 0 spiro atoms. The van der Waals surface area contributed by atoms with Crippen molar-refractivity contribution in [1.29, 1.82) is 0 Å². The van der Waals surface area contributed by atoms with Gasteiger partial charge in [-0.25, -0.2) is 4.98 Å². The number of anilines is 1. The number of halogens is 1. The van der Waals surface area contributed by atoms with Crippen molar-refractivity contribution in [3.63, 3.8) is 0 Å². The van der Waals surface area contributed by atoms with Gasteiger partial charge in [0.15, 0.2) is 5.16 Å². The van der Waals surface area contributed by atoms with Gasteiger partial charge in [-0.2, -0.15) is 0 Å². The van der Waals surface area contributed by atoms with E-state index in [9.17, 15) is 9.59 Å². The number of thioether (sulfide) groups is 1. The smallest absolute Gasteiger partial charge is 0.276 e. The van der Waals surface area contributed by atoms with E-state index in [1.54, 1.807) is 48.1 Å². The second-order valence-corrected chi connectivity index (χ2v) is 9.40. The highest BCUT2D eigenvalue weighted by atomic mass is 35.5. The van der Waals surface area contributed by atoms with Gasteiger partial charge in [0.2, 0.25) is 5.91 Å². The molecule has 2 aromatic carbocycles. The fourth-order valence-electron chi connectivity index (χ4n) is 3.16. The van der Waals surface area contributed by atoms with E-state index in [-0.39, 0.29) is 11.5 Å². The first-order valence-corrected chi connectivity index (χ1v) is 12.0. The van der Waals surface area contributed by atoms with Crippen molar-refractivity contribution >= 4 is 56.5 Å². The fourth-order valence-corrected chi connectivity index (χ4v) is 5.08. The monoisotopic (exact) mass is 485 g/mol. The molecule has 164 valence electrons. The zero-order valence-electron chi connectivity index (χ0n) is 17.4. The summed E-state index contributed by atoms with van der Waals surface area (Å²) in [5.41, 5.74) is 1.74. The van der Waals surface area contributed by atoms with Crippen molar-refractivity contribution in [3.05, 3.63) is 75.4 Å². The van der Waals surface area contributed by atoms with Crippen LogP contribution in [0.5, 0.6) is 5.75 Å². The minimum Gasteiger partial charge on any atom is -0.497 e. The molecule has 0 aliphatic rings. The first kappa shape index (κ1) is 22.4. The highest BCUT2D eigenvalue weighted by Gasteiger charge is 2.23. The van der Waals surface area contributed by atoms with Crippen molar-refractivity contribution < 1.29 is 9.53 Å². The number of hydrogen-bond donors (Lipinski definition) is 1. The van der Waals surface area contributed by atoms with Gasteiger partial charge < -0.3 is 10.1 Å². The van der Waals surface area contributed by atoms with E-state index < -0.39 is 5.25 Å². The Bertz CT molecular complexity index is 1320. The Morgan fingerprint density at radius 2 is 2.03 bits per heavy atom. The second-order valence-electron chi connectivity index (χ2n) is 6.88. The van der Waals surface area contributed by atoms with Crippen LogP contribution in [0.25, 0.3) is 15.9 Å². The van der Waals surface area contributed by atoms with Crippen LogP contribution in [-0.4, -0.2) is 27.8 Å². The van der Waals surface area contributed by atoms with Gasteiger partial charge in [0, 0.05) is 16.8 Å². The summed E-state index contributed by atoms with van der Waals surface area (Å²) < 4.78 is 7.34. The molecule has 0 aliphatic heterocycles. The molecule has 4 rings (SSSR count). The van der Waals surface area contributed by atoms with Gasteiger partial charge in [0.05, 0.1) is 23.6 Å². The molecule has 0 bridgehead atoms. The first-order valence-electron chi connectivity index (χ1n) is 9.88. The molecule has 0 radical (unpaired) electrons. The number of nitrogens with one attached hydrogen (secondary N) is 1. The summed E-state index contributed by atoms with van der Waals surface area (Å²) in [7, 11) is 1.58. The molecule has 2 heterocycles. The number of methoxy groups -OCH3 is 1. The Morgan fingerprint density at radius 1 is 1.25 bits per heavy atom. The molecule has 0 fully saturated rings. The quantitative estimate of drug-likeness (QED) is 0.272. The summed E-state index contributed by atoms with van der Waals surface area (Å²) in [5.74, 6) is 0.484. The maximum atomic E-state index is 13.3. The molecule has 6 nitrogen and oxygen atoms in total. The summed E-state index contributed by atoms with van der Waals surface area (Å²) in [5, 5.41) is 5.34. The van der Waals surface area contributed by atoms with E-state index in [1.165, 1.54) is 23.1 Å². The zero-order valence-corrected chi connectivity index (χ0v) is 19.8. The summed E-state index contributed by atoms with van der Waals surface area (Å²) in [6.45, 7) is 1.93. The van der Waals surface area contributed by atoms with Crippen LogP contribution in [-0.2, 0) is 4.79 Å². The number of carbonyl (C=O) groups excluding carboxylic acids is 1. The number of ether oxygens (including phenoxy) is 1. The lowest BCUT2D eigenvalue weighted by Gasteiger charge is -2.18. The Hall–Kier alpha value is -2.81. The lowest BCUT2D eigenvalue weighted by atomic mass is 10.2. The maximum Gasteiger partial charge on any atom is 0.276 e. The number of thiophene rings is 1. The van der Waals surface area contributed by atoms with Crippen LogP contribution in [0.1, 0.15) is 13.3 Å². The molecular weight excluding hydrogens is 466 g/mol. The summed E-state index contributed by atoms with van der Waals surface area (Å²) in [4.78, 5) is 31.0. The molecule has 1 N–H and O–H groups in total. The van der Waals surface area contributed by atoms with Gasteiger partial charge in [-0.15, -0.1) is 11.3 Å². The fraction of sp³-hybridized carbons (Fsp3) is 0.174. The first-order chi connectivity index (χ1) is 15.5. The molecule has 1 amide bonds. The van der Waals surface area contributed by atoms with Crippen LogP contribution in [0, 0.1) is 0 Å². The van der Waals surface area contributed by atoms with Gasteiger partial charge in [-0.1, -0.05) is 36.4 Å². The Labute approximate surface area is 198 Å². The molecule has 1 atom stereocenters. The average Bonchev–Trinajstić information content (AvgIpc) is 3.27. The van der Waals surface area contributed by atoms with Crippen molar-refractivity contribution in [2.45, 2.75) is 23.8 Å². The SMILES string of the molecule is CC[C@@H](Sc1nc2ccsc2c(=O)n1-c1ccc(Cl)cc1)C(=O)Nc1cccc(OC)c1. The average molecular weight is 486 g/mol. The van der Waals surface area contributed by atoms with Gasteiger partial charge in [-0.05, 0) is 54.3 Å². The number of benzene rings is 2. The lowest BCUT2D eigenvalue weighted by Crippen LogP contribution is -2.27. The standard InChI is InChI=1S/C23H20ClN3O3S2/c1-3-19(21(28)25-15-5-4-6-17(13-15)30-2)32-23-26-18-11-12-31-20(18)22(29)27(23)16-9-7-14(24)8-10-16/h4-13,19H,3H2,1-2H3,(H,25,28)/t19-/m1/s1. The predicted octanol–water partition coefficient (Wildman–Crippen LogP) is 5.62. The van der Waals surface area contributed by atoms with Crippen LogP contribution >= 0.6 is 34.7 Å². The van der Waals surface area contributed by atoms with Crippen LogP contribution < -0.4 is 15.6 Å². The Morgan fingerprint density at radius 3 is 2.75 bits per heavy atom. The van der Waals surface area contributed by atoms with Crippen molar-refractivity contribution in [2.75, 3.05) is 12.4 Å². The topological polar surface area (TPSA) is 73.2 Å². The number of hydrogen-bond acceptors (Lipinski definition) is 6. The van der Waals surface area contributed by atoms with Crippen LogP contribution in [0.2, 0.25) is 5.02 Å². The van der Waals surface area contributed by atoms with Crippen molar-refractivity contribution in [3.8, 4) is 11.4 Å². The van der Waals surface area contributed by atoms with Crippen LogP contribution in [0.4, 0.5) is 5.69 Å². The van der Waals surface area contributed by atoms with Crippen LogP contribution in [0.15, 0.2) is 69.9 Å². The largest absolute Gasteiger partial charge is 0.497 e. The van der Waals surface area contributed by atoms with Gasteiger partial charge in [-0.3, -0.25) is 14.2 Å². The molecule has 0 saturated carbocycles. The van der Waals surface area contributed by atoms with E-state index in [4.69, 9.17) is 21.3 Å². The van der Waals surface area contributed by atoms with Crippen molar-refractivity contribution in [2.24, 2.45) is 0 Å². The van der Waals surface area contributed by atoms with Crippen molar-refractivity contribution in [1.82, 2.24) is 9.55 Å². The third-order valence-corrected chi connectivity index (χ3v) is 7.24. The number of fused-ring (bicyclic) bond motifs is 1. The van der Waals surface area contributed by atoms with E-state index in [0.717, 1.165) is 0 Å². The predicted molar refractivity (Wildman–Crippen MR) is 132 cm³/mol. The normalized spacial score (nSPS) is 12.0. The van der Waals surface area contributed by atoms with E-state index >= 15 is 0 Å². The molecule has 2 aromatic heterocycles.